The van der Waals surface area contributed by atoms with Crippen LogP contribution in [0.25, 0.3) is 0 Å². The number of hydrogen-bond donors (Lipinski definition) is 0. The molecule has 2 aliphatic rings. The second kappa shape index (κ2) is 5.99. The second-order valence-electron chi connectivity index (χ2n) is 7.53. The Morgan fingerprint density at radius 2 is 1.85 bits per heavy atom. The van der Waals surface area contributed by atoms with Crippen LogP contribution in [0, 0.1) is 0 Å². The van der Waals surface area contributed by atoms with E-state index in [-0.39, 0.29) is 16.9 Å². The first-order chi connectivity index (χ1) is 12.2. The van der Waals surface area contributed by atoms with Crippen molar-refractivity contribution in [3.8, 4) is 11.5 Å². The third-order valence-corrected chi connectivity index (χ3v) is 6.33. The van der Waals surface area contributed by atoms with Gasteiger partial charge in [-0.15, -0.1) is 0 Å². The lowest BCUT2D eigenvalue weighted by molar-refractivity contribution is 0.171. The minimum atomic E-state index is -3.65. The first kappa shape index (κ1) is 17.4. The van der Waals surface area contributed by atoms with Crippen molar-refractivity contribution in [2.75, 3.05) is 19.8 Å². The topological polar surface area (TPSA) is 81.9 Å². The Bertz CT molecular complexity index is 943. The summed E-state index contributed by atoms with van der Waals surface area (Å²) in [7, 11) is -3.65. The zero-order valence-electron chi connectivity index (χ0n) is 15.1. The number of ether oxygens (including phenoxy) is 2. The summed E-state index contributed by atoms with van der Waals surface area (Å²) < 4.78 is 44.4. The van der Waals surface area contributed by atoms with E-state index < -0.39 is 10.0 Å². The summed E-state index contributed by atoms with van der Waals surface area (Å²) >= 11 is 0. The van der Waals surface area contributed by atoms with E-state index in [0.717, 1.165) is 5.76 Å². The third kappa shape index (κ3) is 2.97. The normalized spacial score (nSPS) is 17.8. The molecule has 1 aromatic heterocycles. The Kier molecular flexibility index (Phi) is 4.00. The predicted octanol–water partition coefficient (Wildman–Crippen LogP) is 2.49. The van der Waals surface area contributed by atoms with E-state index >= 15 is 0 Å². The number of rotatable bonds is 2. The SMILES string of the molecule is CC(C)(C)c1nc2c(o1)CCN(S(=O)(=O)c1ccc3c(c1)OCCO3)C2. The molecule has 8 heteroatoms. The molecule has 0 fully saturated rings. The molecule has 7 nitrogen and oxygen atoms in total. The maximum atomic E-state index is 13.1. The van der Waals surface area contributed by atoms with Gasteiger partial charge in [0.25, 0.3) is 0 Å². The van der Waals surface area contributed by atoms with E-state index in [2.05, 4.69) is 4.98 Å². The molecule has 0 saturated carbocycles. The van der Waals surface area contributed by atoms with Crippen molar-refractivity contribution >= 4 is 10.0 Å². The summed E-state index contributed by atoms with van der Waals surface area (Å²) in [5, 5.41) is 0. The van der Waals surface area contributed by atoms with Gasteiger partial charge in [-0.2, -0.15) is 4.31 Å². The zero-order chi connectivity index (χ0) is 18.5. The maximum absolute atomic E-state index is 13.1. The van der Waals surface area contributed by atoms with E-state index in [0.29, 0.717) is 49.3 Å². The van der Waals surface area contributed by atoms with Crippen molar-refractivity contribution in [1.29, 1.82) is 0 Å². The van der Waals surface area contributed by atoms with Crippen molar-refractivity contribution in [2.24, 2.45) is 0 Å². The summed E-state index contributed by atoms with van der Waals surface area (Å²) in [6, 6.07) is 4.73. The van der Waals surface area contributed by atoms with E-state index in [1.807, 2.05) is 20.8 Å². The zero-order valence-corrected chi connectivity index (χ0v) is 15.9. The van der Waals surface area contributed by atoms with E-state index in [4.69, 9.17) is 13.9 Å². The maximum Gasteiger partial charge on any atom is 0.243 e. The highest BCUT2D eigenvalue weighted by atomic mass is 32.2. The fraction of sp³-hybridized carbons (Fsp3) is 0.500. The second-order valence-corrected chi connectivity index (χ2v) is 9.47. The Labute approximate surface area is 153 Å². The van der Waals surface area contributed by atoms with Gasteiger partial charge in [-0.1, -0.05) is 20.8 Å². The molecule has 3 heterocycles. The summed E-state index contributed by atoms with van der Waals surface area (Å²) in [5.41, 5.74) is 0.485. The predicted molar refractivity (Wildman–Crippen MR) is 93.9 cm³/mol. The lowest BCUT2D eigenvalue weighted by atomic mass is 9.97. The Balaban J connectivity index is 1.62. The van der Waals surface area contributed by atoms with Crippen LogP contribution in [0.2, 0.25) is 0 Å². The smallest absolute Gasteiger partial charge is 0.243 e. The van der Waals surface area contributed by atoms with Gasteiger partial charge in [0.1, 0.15) is 19.0 Å². The largest absolute Gasteiger partial charge is 0.486 e. The van der Waals surface area contributed by atoms with Crippen LogP contribution in [-0.4, -0.2) is 37.5 Å². The molecule has 0 aliphatic carbocycles. The van der Waals surface area contributed by atoms with Crippen molar-refractivity contribution in [3.05, 3.63) is 35.5 Å². The highest BCUT2D eigenvalue weighted by Crippen LogP contribution is 2.34. The summed E-state index contributed by atoms with van der Waals surface area (Å²) in [6.07, 6.45) is 0.516. The standard InChI is InChI=1S/C18H22N2O5S/c1-18(2,3)17-19-13-11-20(7-6-14(13)25-17)26(21,22)12-4-5-15-16(10-12)24-9-8-23-15/h4-5,10H,6-9,11H2,1-3H3. The summed E-state index contributed by atoms with van der Waals surface area (Å²) in [5.74, 6) is 2.46. The molecular formula is C18H22N2O5S. The van der Waals surface area contributed by atoms with Crippen LogP contribution in [0.1, 0.15) is 38.1 Å². The fourth-order valence-corrected chi connectivity index (χ4v) is 4.45. The number of oxazole rings is 1. The number of benzene rings is 1. The number of hydrogen-bond acceptors (Lipinski definition) is 6. The summed E-state index contributed by atoms with van der Waals surface area (Å²) in [6.45, 7) is 7.53. The van der Waals surface area contributed by atoms with Gasteiger partial charge in [-0.3, -0.25) is 0 Å². The van der Waals surface area contributed by atoms with Gasteiger partial charge in [0.2, 0.25) is 10.0 Å². The first-order valence-electron chi connectivity index (χ1n) is 8.64. The lowest BCUT2D eigenvalue weighted by Crippen LogP contribution is -2.35. The fourth-order valence-electron chi connectivity index (χ4n) is 3.03. The van der Waals surface area contributed by atoms with Gasteiger partial charge in [0.05, 0.1) is 17.1 Å². The minimum Gasteiger partial charge on any atom is -0.486 e. The van der Waals surface area contributed by atoms with Crippen LogP contribution in [-0.2, 0) is 28.4 Å². The van der Waals surface area contributed by atoms with E-state index in [9.17, 15) is 8.42 Å². The highest BCUT2D eigenvalue weighted by Gasteiger charge is 2.33. The van der Waals surface area contributed by atoms with Crippen LogP contribution < -0.4 is 9.47 Å². The minimum absolute atomic E-state index is 0.199. The Morgan fingerprint density at radius 3 is 2.58 bits per heavy atom. The number of sulfonamides is 1. The van der Waals surface area contributed by atoms with Crippen LogP contribution in [0.4, 0.5) is 0 Å². The average Bonchev–Trinajstić information content (AvgIpc) is 3.05. The van der Waals surface area contributed by atoms with E-state index in [1.165, 1.54) is 10.4 Å². The third-order valence-electron chi connectivity index (χ3n) is 4.49. The van der Waals surface area contributed by atoms with Gasteiger partial charge in [0, 0.05) is 24.4 Å². The molecule has 0 amide bonds. The van der Waals surface area contributed by atoms with Crippen LogP contribution in [0.15, 0.2) is 27.5 Å². The van der Waals surface area contributed by atoms with Crippen LogP contribution in [0.3, 0.4) is 0 Å². The molecular weight excluding hydrogens is 356 g/mol. The van der Waals surface area contributed by atoms with Crippen molar-refractivity contribution in [1.82, 2.24) is 9.29 Å². The molecule has 0 saturated heterocycles. The highest BCUT2D eigenvalue weighted by molar-refractivity contribution is 7.89. The van der Waals surface area contributed by atoms with Crippen molar-refractivity contribution < 1.29 is 22.3 Å². The molecule has 0 N–H and O–H groups in total. The molecule has 0 spiro atoms. The van der Waals surface area contributed by atoms with Crippen LogP contribution in [0.5, 0.6) is 11.5 Å². The Hall–Kier alpha value is -2.06. The van der Waals surface area contributed by atoms with Crippen LogP contribution >= 0.6 is 0 Å². The molecule has 0 radical (unpaired) electrons. The van der Waals surface area contributed by atoms with Gasteiger partial charge in [-0.05, 0) is 12.1 Å². The average molecular weight is 378 g/mol. The Morgan fingerprint density at radius 1 is 1.12 bits per heavy atom. The molecule has 4 rings (SSSR count). The molecule has 1 aromatic carbocycles. The van der Waals surface area contributed by atoms with Gasteiger partial charge in [0.15, 0.2) is 17.4 Å². The molecule has 0 unspecified atom stereocenters. The van der Waals surface area contributed by atoms with Crippen molar-refractivity contribution in [3.63, 3.8) is 0 Å². The number of nitrogens with zero attached hydrogens (tertiary/aromatic N) is 2. The summed E-state index contributed by atoms with van der Waals surface area (Å²) in [4.78, 5) is 4.73. The van der Waals surface area contributed by atoms with Gasteiger partial charge in [-0.25, -0.2) is 13.4 Å². The molecule has 0 bridgehead atoms. The quantitative estimate of drug-likeness (QED) is 0.799. The first-order valence-corrected chi connectivity index (χ1v) is 10.1. The molecule has 2 aromatic rings. The number of aromatic nitrogens is 1. The monoisotopic (exact) mass is 378 g/mol. The molecule has 2 aliphatic heterocycles. The van der Waals surface area contributed by atoms with Crippen molar-refractivity contribution in [2.45, 2.75) is 44.0 Å². The molecule has 0 atom stereocenters. The molecule has 140 valence electrons. The van der Waals surface area contributed by atoms with Gasteiger partial charge >= 0.3 is 0 Å². The van der Waals surface area contributed by atoms with E-state index in [1.54, 1.807) is 12.1 Å². The molecule has 26 heavy (non-hydrogen) atoms. The van der Waals surface area contributed by atoms with Gasteiger partial charge < -0.3 is 13.9 Å². The number of fused-ring (bicyclic) bond motifs is 2. The lowest BCUT2D eigenvalue weighted by Gasteiger charge is -2.25.